The zero-order valence-corrected chi connectivity index (χ0v) is 9.94. The van der Waals surface area contributed by atoms with Crippen LogP contribution >= 0.6 is 0 Å². The van der Waals surface area contributed by atoms with Gasteiger partial charge in [-0.2, -0.15) is 0 Å². The molecule has 4 heteroatoms. The molecule has 4 nitrogen and oxygen atoms in total. The number of benzene rings is 1. The predicted molar refractivity (Wildman–Crippen MR) is 65.6 cm³/mol. The lowest BCUT2D eigenvalue weighted by Crippen LogP contribution is -2.46. The summed E-state index contributed by atoms with van der Waals surface area (Å²) in [6.45, 7) is 2.03. The second kappa shape index (κ2) is 4.37. The number of rotatable bonds is 4. The van der Waals surface area contributed by atoms with E-state index in [0.29, 0.717) is 6.42 Å². The van der Waals surface area contributed by atoms with E-state index in [-0.39, 0.29) is 17.2 Å². The van der Waals surface area contributed by atoms with Crippen molar-refractivity contribution in [3.8, 4) is 5.75 Å². The Bertz CT molecular complexity index is 410. The number of nitrogens with two attached hydrogens (primary N) is 1. The van der Waals surface area contributed by atoms with Gasteiger partial charge in [-0.3, -0.25) is 4.79 Å². The summed E-state index contributed by atoms with van der Waals surface area (Å²) in [4.78, 5) is 11.8. The molecule has 0 aromatic heterocycles. The first-order valence-electron chi connectivity index (χ1n) is 5.84. The first kappa shape index (κ1) is 11.9. The van der Waals surface area contributed by atoms with Crippen LogP contribution in [0.4, 0.5) is 0 Å². The van der Waals surface area contributed by atoms with Gasteiger partial charge >= 0.3 is 0 Å². The molecule has 0 saturated heterocycles. The third-order valence-corrected chi connectivity index (χ3v) is 3.15. The summed E-state index contributed by atoms with van der Waals surface area (Å²) in [5.74, 6) is 0.121. The maximum absolute atomic E-state index is 11.8. The maximum atomic E-state index is 11.8. The Balaban J connectivity index is 1.89. The van der Waals surface area contributed by atoms with E-state index in [0.717, 1.165) is 18.4 Å². The second-order valence-electron chi connectivity index (χ2n) is 5.03. The third-order valence-electron chi connectivity index (χ3n) is 3.15. The molecule has 0 bridgehead atoms. The van der Waals surface area contributed by atoms with Crippen LogP contribution in [0.3, 0.4) is 0 Å². The molecule has 1 aliphatic rings. The Morgan fingerprint density at radius 1 is 1.47 bits per heavy atom. The molecular formula is C13H18N2O2. The van der Waals surface area contributed by atoms with E-state index >= 15 is 0 Å². The predicted octanol–water partition coefficient (Wildman–Crippen LogP) is 0.931. The highest BCUT2D eigenvalue weighted by Gasteiger charge is 2.39. The topological polar surface area (TPSA) is 75.4 Å². The minimum atomic E-state index is -0.531. The Hall–Kier alpha value is -1.55. The quantitative estimate of drug-likeness (QED) is 0.725. The first-order chi connectivity index (χ1) is 7.98. The van der Waals surface area contributed by atoms with Crippen molar-refractivity contribution in [1.82, 2.24) is 5.32 Å². The van der Waals surface area contributed by atoms with Crippen LogP contribution < -0.4 is 11.1 Å². The van der Waals surface area contributed by atoms with E-state index in [4.69, 9.17) is 10.8 Å². The molecule has 1 amide bonds. The largest absolute Gasteiger partial charge is 0.508 e. The SMILES string of the molecule is CC1(NC(=O)C(N)Cc2ccc(O)cc2)CC1. The highest BCUT2D eigenvalue weighted by Crippen LogP contribution is 2.34. The molecule has 1 saturated carbocycles. The van der Waals surface area contributed by atoms with Gasteiger partial charge in [-0.15, -0.1) is 0 Å². The van der Waals surface area contributed by atoms with Crippen LogP contribution in [0.25, 0.3) is 0 Å². The summed E-state index contributed by atoms with van der Waals surface area (Å²) < 4.78 is 0. The average Bonchev–Trinajstić information content (AvgIpc) is 2.99. The number of carbonyl (C=O) groups is 1. The normalized spacial score (nSPS) is 18.5. The molecule has 92 valence electrons. The Kier molecular flexibility index (Phi) is 3.07. The molecule has 0 heterocycles. The molecule has 4 N–H and O–H groups in total. The summed E-state index contributed by atoms with van der Waals surface area (Å²) in [5.41, 5.74) is 6.77. The maximum Gasteiger partial charge on any atom is 0.237 e. The van der Waals surface area contributed by atoms with Crippen molar-refractivity contribution in [2.75, 3.05) is 0 Å². The smallest absolute Gasteiger partial charge is 0.237 e. The summed E-state index contributed by atoms with van der Waals surface area (Å²) in [7, 11) is 0. The molecule has 1 atom stereocenters. The van der Waals surface area contributed by atoms with Crippen molar-refractivity contribution in [1.29, 1.82) is 0 Å². The van der Waals surface area contributed by atoms with Crippen LogP contribution in [0.2, 0.25) is 0 Å². The van der Waals surface area contributed by atoms with E-state index in [1.54, 1.807) is 24.3 Å². The molecule has 0 aliphatic heterocycles. The van der Waals surface area contributed by atoms with Crippen LogP contribution in [-0.2, 0) is 11.2 Å². The van der Waals surface area contributed by atoms with Gasteiger partial charge in [0.1, 0.15) is 5.75 Å². The number of phenols is 1. The van der Waals surface area contributed by atoms with Gasteiger partial charge in [-0.25, -0.2) is 0 Å². The van der Waals surface area contributed by atoms with Crippen molar-refractivity contribution in [3.05, 3.63) is 29.8 Å². The number of hydrogen-bond donors (Lipinski definition) is 3. The number of phenolic OH excluding ortho intramolecular Hbond substituents is 1. The van der Waals surface area contributed by atoms with Crippen molar-refractivity contribution < 1.29 is 9.90 Å². The number of amides is 1. The molecule has 0 spiro atoms. The molecule has 0 radical (unpaired) electrons. The lowest BCUT2D eigenvalue weighted by Gasteiger charge is -2.16. The standard InChI is InChI=1S/C13H18N2O2/c1-13(6-7-13)15-12(17)11(14)8-9-2-4-10(16)5-3-9/h2-5,11,16H,6-8,14H2,1H3,(H,15,17). The van der Waals surface area contributed by atoms with Gasteiger partial charge in [0.15, 0.2) is 0 Å². The first-order valence-corrected chi connectivity index (χ1v) is 5.84. The molecule has 1 aromatic rings. The Morgan fingerprint density at radius 3 is 2.59 bits per heavy atom. The molecule has 17 heavy (non-hydrogen) atoms. The zero-order chi connectivity index (χ0) is 12.5. The Morgan fingerprint density at radius 2 is 2.06 bits per heavy atom. The zero-order valence-electron chi connectivity index (χ0n) is 9.94. The fourth-order valence-corrected chi connectivity index (χ4v) is 1.68. The number of nitrogens with one attached hydrogen (secondary N) is 1. The van der Waals surface area contributed by atoms with Crippen LogP contribution in [0.5, 0.6) is 5.75 Å². The molecular weight excluding hydrogens is 216 g/mol. The average molecular weight is 234 g/mol. The summed E-state index contributed by atoms with van der Waals surface area (Å²) in [6.07, 6.45) is 2.55. The number of hydrogen-bond acceptors (Lipinski definition) is 3. The number of carbonyl (C=O) groups excluding carboxylic acids is 1. The van der Waals surface area contributed by atoms with Gasteiger partial charge in [0.05, 0.1) is 6.04 Å². The Labute approximate surface area is 101 Å². The molecule has 1 aromatic carbocycles. The van der Waals surface area contributed by atoms with Crippen LogP contribution in [0, 0.1) is 0 Å². The van der Waals surface area contributed by atoms with Crippen LogP contribution in [0.1, 0.15) is 25.3 Å². The van der Waals surface area contributed by atoms with Gasteiger partial charge in [-0.05, 0) is 43.9 Å². The highest BCUT2D eigenvalue weighted by atomic mass is 16.3. The van der Waals surface area contributed by atoms with Gasteiger partial charge in [0.2, 0.25) is 5.91 Å². The van der Waals surface area contributed by atoms with E-state index in [1.807, 2.05) is 6.92 Å². The van der Waals surface area contributed by atoms with Crippen molar-refractivity contribution >= 4 is 5.91 Å². The molecule has 2 rings (SSSR count). The van der Waals surface area contributed by atoms with Gasteiger partial charge in [-0.1, -0.05) is 12.1 Å². The monoisotopic (exact) mass is 234 g/mol. The highest BCUT2D eigenvalue weighted by molar-refractivity contribution is 5.82. The van der Waals surface area contributed by atoms with E-state index in [2.05, 4.69) is 5.32 Å². The fraction of sp³-hybridized carbons (Fsp3) is 0.462. The molecule has 1 unspecified atom stereocenters. The minimum Gasteiger partial charge on any atom is -0.508 e. The lowest BCUT2D eigenvalue weighted by atomic mass is 10.1. The minimum absolute atomic E-state index is 0.0241. The molecule has 1 fully saturated rings. The summed E-state index contributed by atoms with van der Waals surface area (Å²) in [6, 6.07) is 6.23. The van der Waals surface area contributed by atoms with E-state index in [9.17, 15) is 4.79 Å². The summed E-state index contributed by atoms with van der Waals surface area (Å²) >= 11 is 0. The third kappa shape index (κ3) is 3.20. The number of aromatic hydroxyl groups is 1. The van der Waals surface area contributed by atoms with Gasteiger partial charge in [0, 0.05) is 5.54 Å². The fourth-order valence-electron chi connectivity index (χ4n) is 1.68. The lowest BCUT2D eigenvalue weighted by molar-refractivity contribution is -0.123. The van der Waals surface area contributed by atoms with Crippen LogP contribution in [0.15, 0.2) is 24.3 Å². The summed E-state index contributed by atoms with van der Waals surface area (Å²) in [5, 5.41) is 12.1. The van der Waals surface area contributed by atoms with Crippen LogP contribution in [-0.4, -0.2) is 22.6 Å². The van der Waals surface area contributed by atoms with E-state index < -0.39 is 6.04 Å². The van der Waals surface area contributed by atoms with E-state index in [1.165, 1.54) is 0 Å². The second-order valence-corrected chi connectivity index (χ2v) is 5.03. The van der Waals surface area contributed by atoms with Gasteiger partial charge < -0.3 is 16.2 Å². The van der Waals surface area contributed by atoms with Crippen molar-refractivity contribution in [2.45, 2.75) is 37.8 Å². The van der Waals surface area contributed by atoms with Crippen molar-refractivity contribution in [3.63, 3.8) is 0 Å². The van der Waals surface area contributed by atoms with Crippen molar-refractivity contribution in [2.24, 2.45) is 5.73 Å². The van der Waals surface area contributed by atoms with Gasteiger partial charge in [0.25, 0.3) is 0 Å². The molecule has 1 aliphatic carbocycles.